The van der Waals surface area contributed by atoms with Crippen molar-refractivity contribution in [3.8, 4) is 5.75 Å². The highest BCUT2D eigenvalue weighted by Crippen LogP contribution is 2.26. The summed E-state index contributed by atoms with van der Waals surface area (Å²) >= 11 is 5.96. The third-order valence-electron chi connectivity index (χ3n) is 5.23. The van der Waals surface area contributed by atoms with Gasteiger partial charge in [-0.05, 0) is 66.9 Å². The van der Waals surface area contributed by atoms with E-state index in [9.17, 15) is 22.7 Å². The van der Waals surface area contributed by atoms with Crippen molar-refractivity contribution in [1.82, 2.24) is 5.32 Å². The lowest BCUT2D eigenvalue weighted by atomic mass is 10.1. The molecule has 7 nitrogen and oxygen atoms in total. The number of benzene rings is 3. The molecule has 0 aliphatic rings. The standard InChI is InChI=1S/C25H25ClFNO6S.ClH/c1-16(28-14-23(29)18-3-2-4-19(26)12-18)11-17-5-7-20(8-6-17)35(32,33)21-9-10-24(22(27)13-21)34-15-25(30)31;/h2-10,12-13,16,23,28-29H,11,14-15H2,1H3,(H,30,31);1H/t16-,23-;/m1./s1. The first-order chi connectivity index (χ1) is 16.6. The van der Waals surface area contributed by atoms with Crippen molar-refractivity contribution < 1.29 is 32.6 Å². The number of hydrogen-bond acceptors (Lipinski definition) is 6. The van der Waals surface area contributed by atoms with Crippen molar-refractivity contribution in [3.63, 3.8) is 0 Å². The Hall–Kier alpha value is -2.69. The second-order valence-electron chi connectivity index (χ2n) is 8.01. The number of carbonyl (C=O) groups is 1. The Labute approximate surface area is 220 Å². The molecule has 2 atom stereocenters. The van der Waals surface area contributed by atoms with Crippen LogP contribution in [-0.4, -0.2) is 43.8 Å². The minimum Gasteiger partial charge on any atom is -0.479 e. The van der Waals surface area contributed by atoms with E-state index in [1.807, 2.05) is 6.92 Å². The molecule has 11 heteroatoms. The molecular formula is C25H26Cl2FNO6S. The van der Waals surface area contributed by atoms with Gasteiger partial charge < -0.3 is 20.3 Å². The highest BCUT2D eigenvalue weighted by molar-refractivity contribution is 7.91. The van der Waals surface area contributed by atoms with Crippen molar-refractivity contribution in [1.29, 1.82) is 0 Å². The van der Waals surface area contributed by atoms with E-state index in [4.69, 9.17) is 21.4 Å². The maximum atomic E-state index is 14.2. The summed E-state index contributed by atoms with van der Waals surface area (Å²) in [4.78, 5) is 10.3. The Bertz CT molecular complexity index is 1290. The van der Waals surface area contributed by atoms with Crippen LogP contribution in [0.15, 0.2) is 76.5 Å². The minimum absolute atomic E-state index is 0. The molecule has 3 N–H and O–H groups in total. The lowest BCUT2D eigenvalue weighted by Gasteiger charge is -2.18. The van der Waals surface area contributed by atoms with Crippen LogP contribution in [0.1, 0.15) is 24.2 Å². The molecule has 36 heavy (non-hydrogen) atoms. The quantitative estimate of drug-likeness (QED) is 0.319. The summed E-state index contributed by atoms with van der Waals surface area (Å²) in [6.45, 7) is 1.54. The molecule has 0 unspecified atom stereocenters. The van der Waals surface area contributed by atoms with Gasteiger partial charge in [0.15, 0.2) is 18.2 Å². The van der Waals surface area contributed by atoms with E-state index in [-0.39, 0.29) is 34.0 Å². The van der Waals surface area contributed by atoms with Crippen LogP contribution in [0.25, 0.3) is 0 Å². The van der Waals surface area contributed by atoms with E-state index in [0.717, 1.165) is 17.7 Å². The van der Waals surface area contributed by atoms with Gasteiger partial charge in [0, 0.05) is 17.6 Å². The van der Waals surface area contributed by atoms with Gasteiger partial charge in [0.05, 0.1) is 15.9 Å². The van der Waals surface area contributed by atoms with Crippen LogP contribution < -0.4 is 10.1 Å². The molecule has 0 fully saturated rings. The second kappa shape index (κ2) is 13.0. The fourth-order valence-corrected chi connectivity index (χ4v) is 4.89. The number of hydrogen-bond donors (Lipinski definition) is 3. The van der Waals surface area contributed by atoms with E-state index in [0.29, 0.717) is 23.6 Å². The fourth-order valence-electron chi connectivity index (χ4n) is 3.42. The number of halogens is 3. The first kappa shape index (κ1) is 29.5. The summed E-state index contributed by atoms with van der Waals surface area (Å²) in [5, 5.41) is 22.8. The lowest BCUT2D eigenvalue weighted by molar-refractivity contribution is -0.139. The van der Waals surface area contributed by atoms with E-state index >= 15 is 0 Å². The van der Waals surface area contributed by atoms with Crippen LogP contribution in [0.2, 0.25) is 5.02 Å². The zero-order valence-electron chi connectivity index (χ0n) is 19.2. The number of sulfone groups is 1. The van der Waals surface area contributed by atoms with Crippen LogP contribution >= 0.6 is 24.0 Å². The summed E-state index contributed by atoms with van der Waals surface area (Å²) < 4.78 is 44.8. The number of carboxylic acid groups (broad SMARTS) is 1. The van der Waals surface area contributed by atoms with Crippen molar-refractivity contribution in [2.24, 2.45) is 0 Å². The zero-order valence-corrected chi connectivity index (χ0v) is 21.6. The highest BCUT2D eigenvalue weighted by Gasteiger charge is 2.20. The van der Waals surface area contributed by atoms with Crippen molar-refractivity contribution in [3.05, 3.63) is 88.7 Å². The minimum atomic E-state index is -3.98. The molecule has 0 spiro atoms. The summed E-state index contributed by atoms with van der Waals surface area (Å²) in [6, 6.07) is 16.3. The topological polar surface area (TPSA) is 113 Å². The number of ether oxygens (including phenoxy) is 1. The molecular weight excluding hydrogens is 532 g/mol. The van der Waals surface area contributed by atoms with Crippen LogP contribution in [0, 0.1) is 5.82 Å². The number of rotatable bonds is 11. The van der Waals surface area contributed by atoms with E-state index in [1.54, 1.807) is 36.4 Å². The number of carboxylic acids is 1. The Morgan fingerprint density at radius 1 is 1.08 bits per heavy atom. The largest absolute Gasteiger partial charge is 0.479 e. The van der Waals surface area contributed by atoms with Crippen LogP contribution in [0.4, 0.5) is 4.39 Å². The molecule has 0 amide bonds. The molecule has 0 bridgehead atoms. The van der Waals surface area contributed by atoms with E-state index in [2.05, 4.69) is 5.32 Å². The monoisotopic (exact) mass is 557 g/mol. The second-order valence-corrected chi connectivity index (χ2v) is 10.4. The molecule has 0 heterocycles. The maximum absolute atomic E-state index is 14.2. The van der Waals surface area contributed by atoms with Crippen LogP contribution in [-0.2, 0) is 21.1 Å². The molecule has 0 aliphatic carbocycles. The summed E-state index contributed by atoms with van der Waals surface area (Å²) in [6.07, 6.45) is -0.127. The van der Waals surface area contributed by atoms with Gasteiger partial charge in [-0.1, -0.05) is 35.9 Å². The molecule has 3 aromatic carbocycles. The first-order valence-corrected chi connectivity index (χ1v) is 12.6. The zero-order chi connectivity index (χ0) is 25.6. The van der Waals surface area contributed by atoms with Crippen molar-refractivity contribution in [2.45, 2.75) is 35.3 Å². The summed E-state index contributed by atoms with van der Waals surface area (Å²) in [5.41, 5.74) is 1.59. The number of aliphatic hydroxyl groups excluding tert-OH is 1. The Morgan fingerprint density at radius 3 is 2.36 bits per heavy atom. The average molecular weight is 558 g/mol. The van der Waals surface area contributed by atoms with Gasteiger partial charge in [0.1, 0.15) is 0 Å². The fraction of sp³-hybridized carbons (Fsp3) is 0.240. The van der Waals surface area contributed by atoms with Gasteiger partial charge in [0.25, 0.3) is 0 Å². The van der Waals surface area contributed by atoms with Gasteiger partial charge in [-0.25, -0.2) is 17.6 Å². The Morgan fingerprint density at radius 2 is 1.75 bits per heavy atom. The number of aliphatic hydroxyl groups is 1. The van der Waals surface area contributed by atoms with Gasteiger partial charge in [-0.3, -0.25) is 0 Å². The molecule has 0 aliphatic heterocycles. The highest BCUT2D eigenvalue weighted by atomic mass is 35.5. The summed E-state index contributed by atoms with van der Waals surface area (Å²) in [7, 11) is -3.98. The molecule has 0 radical (unpaired) electrons. The normalized spacial score (nSPS) is 12.9. The molecule has 194 valence electrons. The van der Waals surface area contributed by atoms with Gasteiger partial charge in [-0.2, -0.15) is 0 Å². The molecule has 0 aromatic heterocycles. The van der Waals surface area contributed by atoms with E-state index < -0.39 is 34.3 Å². The smallest absolute Gasteiger partial charge is 0.341 e. The van der Waals surface area contributed by atoms with E-state index in [1.165, 1.54) is 18.2 Å². The predicted molar refractivity (Wildman–Crippen MR) is 136 cm³/mol. The average Bonchev–Trinajstić information content (AvgIpc) is 2.82. The third-order valence-corrected chi connectivity index (χ3v) is 7.24. The van der Waals surface area contributed by atoms with Crippen molar-refractivity contribution in [2.75, 3.05) is 13.2 Å². The van der Waals surface area contributed by atoms with Crippen LogP contribution in [0.5, 0.6) is 5.75 Å². The molecule has 0 saturated heterocycles. The predicted octanol–water partition coefficient (Wildman–Crippen LogP) is 4.45. The summed E-state index contributed by atoms with van der Waals surface area (Å²) in [5.74, 6) is -2.59. The number of aliphatic carboxylic acids is 1. The molecule has 3 rings (SSSR count). The SMILES string of the molecule is C[C@H](Cc1ccc(S(=O)(=O)c2ccc(OCC(=O)O)c(F)c2)cc1)NC[C@@H](O)c1cccc(Cl)c1.Cl. The van der Waals surface area contributed by atoms with Gasteiger partial charge >= 0.3 is 5.97 Å². The molecule has 3 aromatic rings. The van der Waals surface area contributed by atoms with Gasteiger partial charge in [0.2, 0.25) is 9.84 Å². The first-order valence-electron chi connectivity index (χ1n) is 10.7. The number of nitrogens with one attached hydrogen (secondary N) is 1. The van der Waals surface area contributed by atoms with Gasteiger partial charge in [-0.15, -0.1) is 12.4 Å². The van der Waals surface area contributed by atoms with Crippen LogP contribution in [0.3, 0.4) is 0 Å². The Kier molecular flexibility index (Phi) is 10.7. The molecule has 0 saturated carbocycles. The maximum Gasteiger partial charge on any atom is 0.341 e. The third kappa shape index (κ3) is 7.91. The lowest BCUT2D eigenvalue weighted by Crippen LogP contribution is -2.32. The van der Waals surface area contributed by atoms with Crippen molar-refractivity contribution >= 4 is 39.8 Å². The Balaban J connectivity index is 0.00000456.